The molecule has 0 spiro atoms. The minimum Gasteiger partial charge on any atom is -0.312 e. The lowest BCUT2D eigenvalue weighted by atomic mass is 9.82. The van der Waals surface area contributed by atoms with E-state index in [0.717, 1.165) is 36.4 Å². The maximum Gasteiger partial charge on any atom is 0.150 e. The van der Waals surface area contributed by atoms with Crippen molar-refractivity contribution in [1.82, 2.24) is 10.3 Å². The van der Waals surface area contributed by atoms with Crippen LogP contribution in [0.4, 0.5) is 0 Å². The van der Waals surface area contributed by atoms with Crippen LogP contribution in [0.5, 0.6) is 0 Å². The molecule has 6 heteroatoms. The van der Waals surface area contributed by atoms with E-state index < -0.39 is 9.84 Å². The van der Waals surface area contributed by atoms with Gasteiger partial charge in [-0.05, 0) is 46.1 Å². The van der Waals surface area contributed by atoms with Crippen LogP contribution in [0.25, 0.3) is 0 Å². The summed E-state index contributed by atoms with van der Waals surface area (Å²) in [5.41, 5.74) is 1.08. The van der Waals surface area contributed by atoms with E-state index in [1.54, 1.807) is 11.3 Å². The summed E-state index contributed by atoms with van der Waals surface area (Å²) < 4.78 is 23.6. The molecule has 1 aliphatic rings. The van der Waals surface area contributed by atoms with E-state index in [0.29, 0.717) is 5.92 Å². The fourth-order valence-electron chi connectivity index (χ4n) is 3.29. The van der Waals surface area contributed by atoms with Crippen LogP contribution in [0.2, 0.25) is 0 Å². The van der Waals surface area contributed by atoms with Gasteiger partial charge in [-0.1, -0.05) is 6.42 Å². The Morgan fingerprint density at radius 3 is 2.55 bits per heavy atom. The number of hydrogen-bond donors (Lipinski definition) is 1. The van der Waals surface area contributed by atoms with Crippen LogP contribution in [-0.2, 0) is 9.84 Å². The number of hydrogen-bond acceptors (Lipinski definition) is 5. The maximum atomic E-state index is 11.8. The first-order chi connectivity index (χ1) is 9.32. The van der Waals surface area contributed by atoms with Crippen LogP contribution in [0.1, 0.15) is 47.3 Å². The molecular formula is C14H24N2O2S2. The Hall–Kier alpha value is -0.460. The van der Waals surface area contributed by atoms with Crippen LogP contribution in [0.15, 0.2) is 0 Å². The third kappa shape index (κ3) is 3.40. The molecule has 20 heavy (non-hydrogen) atoms. The van der Waals surface area contributed by atoms with Crippen molar-refractivity contribution in [3.05, 3.63) is 15.6 Å². The lowest BCUT2D eigenvalue weighted by molar-refractivity contribution is 0.284. The number of sulfone groups is 1. The van der Waals surface area contributed by atoms with Gasteiger partial charge in [0, 0.05) is 17.2 Å². The molecule has 114 valence electrons. The summed E-state index contributed by atoms with van der Waals surface area (Å²) in [5, 5.41) is 4.29. The Balaban J connectivity index is 2.21. The van der Waals surface area contributed by atoms with Crippen molar-refractivity contribution in [3.8, 4) is 0 Å². The quantitative estimate of drug-likeness (QED) is 0.927. The van der Waals surface area contributed by atoms with Crippen molar-refractivity contribution in [1.29, 1.82) is 0 Å². The molecule has 4 nitrogen and oxygen atoms in total. The molecule has 3 unspecified atom stereocenters. The Morgan fingerprint density at radius 1 is 1.35 bits per heavy atom. The molecule has 0 radical (unpaired) electrons. The lowest BCUT2D eigenvalue weighted by Gasteiger charge is -2.33. The second-order valence-electron chi connectivity index (χ2n) is 5.83. The van der Waals surface area contributed by atoms with E-state index in [1.165, 1.54) is 11.1 Å². The molecule has 1 aliphatic carbocycles. The molecule has 1 N–H and O–H groups in total. The molecule has 2 rings (SSSR count). The normalized spacial score (nSPS) is 25.6. The molecule has 1 fully saturated rings. The van der Waals surface area contributed by atoms with E-state index >= 15 is 0 Å². The van der Waals surface area contributed by atoms with Crippen molar-refractivity contribution in [2.75, 3.05) is 13.3 Å². The van der Waals surface area contributed by atoms with Gasteiger partial charge in [0.15, 0.2) is 0 Å². The van der Waals surface area contributed by atoms with Crippen molar-refractivity contribution < 1.29 is 8.42 Å². The van der Waals surface area contributed by atoms with Gasteiger partial charge in [0.2, 0.25) is 0 Å². The summed E-state index contributed by atoms with van der Waals surface area (Å²) in [7, 11) is -0.966. The van der Waals surface area contributed by atoms with Gasteiger partial charge >= 0.3 is 0 Å². The monoisotopic (exact) mass is 316 g/mol. The Morgan fingerprint density at radius 2 is 2.05 bits per heavy atom. The smallest absolute Gasteiger partial charge is 0.150 e. The molecule has 0 amide bonds. The average Bonchev–Trinajstić information content (AvgIpc) is 2.69. The zero-order valence-electron chi connectivity index (χ0n) is 12.6. The highest BCUT2D eigenvalue weighted by molar-refractivity contribution is 7.91. The summed E-state index contributed by atoms with van der Waals surface area (Å²) >= 11 is 1.73. The number of rotatable bonds is 4. The topological polar surface area (TPSA) is 59.1 Å². The van der Waals surface area contributed by atoms with Crippen LogP contribution in [0.3, 0.4) is 0 Å². The van der Waals surface area contributed by atoms with Gasteiger partial charge in [0.25, 0.3) is 0 Å². The summed E-state index contributed by atoms with van der Waals surface area (Å²) in [6.07, 6.45) is 5.04. The molecule has 1 aromatic rings. The van der Waals surface area contributed by atoms with Crippen molar-refractivity contribution in [2.45, 2.75) is 50.8 Å². The van der Waals surface area contributed by atoms with Gasteiger partial charge in [-0.15, -0.1) is 11.3 Å². The molecule has 1 saturated carbocycles. The SMILES string of the molecule is CNC(c1sc(C)nc1C)C1CCCC(S(C)(=O)=O)C1. The summed E-state index contributed by atoms with van der Waals surface area (Å²) in [6.45, 7) is 4.06. The molecule has 3 atom stereocenters. The van der Waals surface area contributed by atoms with E-state index in [-0.39, 0.29) is 11.3 Å². The van der Waals surface area contributed by atoms with E-state index in [2.05, 4.69) is 10.3 Å². The predicted molar refractivity (Wildman–Crippen MR) is 84.0 cm³/mol. The standard InChI is InChI=1S/C14H24N2O2S2/c1-9-14(19-10(2)16-9)13(15-3)11-6-5-7-12(8-11)20(4,17)18/h11-13,15H,5-8H2,1-4H3. The Labute approximate surface area is 125 Å². The lowest BCUT2D eigenvalue weighted by Crippen LogP contribution is -2.34. The number of thiazole rings is 1. The van der Waals surface area contributed by atoms with Gasteiger partial charge in [-0.2, -0.15) is 0 Å². The highest BCUT2D eigenvalue weighted by Crippen LogP contribution is 2.39. The zero-order valence-corrected chi connectivity index (χ0v) is 14.3. The molecule has 0 aliphatic heterocycles. The minimum atomic E-state index is -2.93. The highest BCUT2D eigenvalue weighted by Gasteiger charge is 2.34. The van der Waals surface area contributed by atoms with Crippen molar-refractivity contribution in [3.63, 3.8) is 0 Å². The van der Waals surface area contributed by atoms with Gasteiger partial charge in [-0.3, -0.25) is 0 Å². The van der Waals surface area contributed by atoms with Crippen LogP contribution < -0.4 is 5.32 Å². The summed E-state index contributed by atoms with van der Waals surface area (Å²) in [6, 6.07) is 0.228. The van der Waals surface area contributed by atoms with Crippen LogP contribution >= 0.6 is 11.3 Å². The first kappa shape index (κ1) is 15.9. The van der Waals surface area contributed by atoms with Crippen molar-refractivity contribution in [2.24, 2.45) is 5.92 Å². The number of aryl methyl sites for hydroxylation is 2. The van der Waals surface area contributed by atoms with Gasteiger partial charge in [0.1, 0.15) is 9.84 Å². The van der Waals surface area contributed by atoms with Gasteiger partial charge in [0.05, 0.1) is 16.0 Å². The molecule has 1 aromatic heterocycles. The van der Waals surface area contributed by atoms with Crippen LogP contribution in [-0.4, -0.2) is 32.0 Å². The van der Waals surface area contributed by atoms with Gasteiger partial charge in [-0.25, -0.2) is 13.4 Å². The summed E-state index contributed by atoms with van der Waals surface area (Å²) in [4.78, 5) is 5.77. The fourth-order valence-corrected chi connectivity index (χ4v) is 5.61. The van der Waals surface area contributed by atoms with E-state index in [4.69, 9.17) is 0 Å². The maximum absolute atomic E-state index is 11.8. The van der Waals surface area contributed by atoms with E-state index in [1.807, 2.05) is 20.9 Å². The molecular weight excluding hydrogens is 292 g/mol. The van der Waals surface area contributed by atoms with Crippen molar-refractivity contribution >= 4 is 21.2 Å². The van der Waals surface area contributed by atoms with Gasteiger partial charge < -0.3 is 5.32 Å². The number of nitrogens with one attached hydrogen (secondary N) is 1. The molecule has 0 bridgehead atoms. The molecule has 1 heterocycles. The third-order valence-electron chi connectivity index (χ3n) is 4.28. The third-order valence-corrected chi connectivity index (χ3v) is 7.07. The highest BCUT2D eigenvalue weighted by atomic mass is 32.2. The first-order valence-electron chi connectivity index (χ1n) is 7.13. The summed E-state index contributed by atoms with van der Waals surface area (Å²) in [5.74, 6) is 0.382. The molecule has 0 aromatic carbocycles. The fraction of sp³-hybridized carbons (Fsp3) is 0.786. The number of nitrogens with zero attached hydrogens (tertiary/aromatic N) is 1. The average molecular weight is 316 g/mol. The predicted octanol–water partition coefficient (Wildman–Crippen LogP) is 2.62. The Bertz CT molecular complexity index is 566. The second-order valence-corrected chi connectivity index (χ2v) is 9.39. The second kappa shape index (κ2) is 6.12. The number of aromatic nitrogens is 1. The van der Waals surface area contributed by atoms with Crippen LogP contribution in [0, 0.1) is 19.8 Å². The zero-order chi connectivity index (χ0) is 14.9. The Kier molecular flexibility index (Phi) is 4.87. The molecule has 0 saturated heterocycles. The first-order valence-corrected chi connectivity index (χ1v) is 9.90. The van der Waals surface area contributed by atoms with E-state index in [9.17, 15) is 8.42 Å². The minimum absolute atomic E-state index is 0.175. The largest absolute Gasteiger partial charge is 0.312 e.